The lowest BCUT2D eigenvalue weighted by Crippen LogP contribution is -2.47. The summed E-state index contributed by atoms with van der Waals surface area (Å²) >= 11 is 0. The zero-order valence-electron chi connectivity index (χ0n) is 14.9. The molecule has 0 unspecified atom stereocenters. The Balaban J connectivity index is 1.62. The topological polar surface area (TPSA) is 75.2 Å². The largest absolute Gasteiger partial charge is 0.367 e. The van der Waals surface area contributed by atoms with Crippen molar-refractivity contribution >= 4 is 15.8 Å². The van der Waals surface area contributed by atoms with Crippen molar-refractivity contribution in [2.45, 2.75) is 37.3 Å². The Morgan fingerprint density at radius 2 is 1.81 bits per heavy atom. The third-order valence-electron chi connectivity index (χ3n) is 4.55. The van der Waals surface area contributed by atoms with Crippen molar-refractivity contribution < 1.29 is 12.8 Å². The van der Waals surface area contributed by atoms with E-state index in [1.807, 2.05) is 6.92 Å². The van der Waals surface area contributed by atoms with Crippen LogP contribution in [0.1, 0.15) is 24.4 Å². The van der Waals surface area contributed by atoms with E-state index in [0.29, 0.717) is 11.6 Å². The molecule has 0 atom stereocenters. The van der Waals surface area contributed by atoms with Gasteiger partial charge in [0.05, 0.1) is 11.4 Å². The summed E-state index contributed by atoms with van der Waals surface area (Å²) in [6, 6.07) is 10.0. The number of piperidine rings is 1. The molecule has 6 nitrogen and oxygen atoms in total. The molecule has 0 radical (unpaired) electrons. The van der Waals surface area contributed by atoms with Crippen molar-refractivity contribution in [1.82, 2.24) is 14.3 Å². The van der Waals surface area contributed by atoms with E-state index in [2.05, 4.69) is 15.3 Å². The molecular weight excluding hydrogens is 355 g/mol. The van der Waals surface area contributed by atoms with Crippen LogP contribution >= 0.6 is 0 Å². The summed E-state index contributed by atoms with van der Waals surface area (Å²) in [6.07, 6.45) is 0.296. The summed E-state index contributed by atoms with van der Waals surface area (Å²) in [5.41, 5.74) is -0.646. The third-order valence-corrected chi connectivity index (χ3v) is 6.46. The zero-order chi connectivity index (χ0) is 18.8. The van der Waals surface area contributed by atoms with Crippen molar-refractivity contribution in [3.8, 4) is 0 Å². The first-order valence-corrected chi connectivity index (χ1v) is 10.0. The number of aromatic nitrogens is 2. The number of benzene rings is 1. The van der Waals surface area contributed by atoms with Crippen LogP contribution in [0.3, 0.4) is 0 Å². The minimum Gasteiger partial charge on any atom is -0.367 e. The van der Waals surface area contributed by atoms with Gasteiger partial charge in [-0.1, -0.05) is 18.2 Å². The number of nitrogens with zero attached hydrogens (tertiary/aromatic N) is 3. The highest BCUT2D eigenvalue weighted by molar-refractivity contribution is 7.89. The monoisotopic (exact) mass is 378 g/mol. The Bertz CT molecular complexity index is 846. The minimum absolute atomic E-state index is 0.0993. The molecule has 3 rings (SSSR count). The summed E-state index contributed by atoms with van der Waals surface area (Å²) in [5.74, 6) is 1.22. The molecular formula is C18H23FN4O2S. The van der Waals surface area contributed by atoms with Crippen LogP contribution in [0.15, 0.2) is 41.3 Å². The zero-order valence-corrected chi connectivity index (χ0v) is 15.8. The number of rotatable bonds is 5. The fourth-order valence-electron chi connectivity index (χ4n) is 3.10. The Kier molecular flexibility index (Phi) is 5.24. The number of nitrogens with one attached hydrogen (secondary N) is 1. The molecule has 0 saturated carbocycles. The van der Waals surface area contributed by atoms with E-state index < -0.39 is 15.7 Å². The van der Waals surface area contributed by atoms with Crippen molar-refractivity contribution in [1.29, 1.82) is 0 Å². The Morgan fingerprint density at radius 1 is 1.15 bits per heavy atom. The first kappa shape index (κ1) is 18.7. The summed E-state index contributed by atoms with van der Waals surface area (Å²) in [7, 11) is -3.56. The molecule has 26 heavy (non-hydrogen) atoms. The molecule has 2 aromatic rings. The van der Waals surface area contributed by atoms with Gasteiger partial charge in [0.2, 0.25) is 10.0 Å². The molecule has 140 valence electrons. The van der Waals surface area contributed by atoms with Crippen LogP contribution in [0.2, 0.25) is 0 Å². The number of aryl methyl sites for hydroxylation is 2. The lowest BCUT2D eigenvalue weighted by Gasteiger charge is -2.35. The van der Waals surface area contributed by atoms with Crippen LogP contribution in [0.5, 0.6) is 0 Å². The van der Waals surface area contributed by atoms with E-state index in [-0.39, 0.29) is 37.4 Å². The van der Waals surface area contributed by atoms with Gasteiger partial charge in [0.25, 0.3) is 0 Å². The van der Waals surface area contributed by atoms with Gasteiger partial charge in [-0.25, -0.2) is 22.8 Å². The molecule has 1 fully saturated rings. The second-order valence-electron chi connectivity index (χ2n) is 6.66. The average Bonchev–Trinajstić information content (AvgIpc) is 2.60. The lowest BCUT2D eigenvalue weighted by molar-refractivity contribution is 0.102. The average molecular weight is 378 g/mol. The summed E-state index contributed by atoms with van der Waals surface area (Å²) < 4.78 is 41.7. The Morgan fingerprint density at radius 3 is 2.42 bits per heavy atom. The van der Waals surface area contributed by atoms with Crippen LogP contribution in [0, 0.1) is 13.8 Å². The Labute approximate surface area is 153 Å². The van der Waals surface area contributed by atoms with E-state index in [9.17, 15) is 8.42 Å². The van der Waals surface area contributed by atoms with E-state index in [4.69, 9.17) is 0 Å². The predicted octanol–water partition coefficient (Wildman–Crippen LogP) is 2.70. The van der Waals surface area contributed by atoms with Crippen molar-refractivity contribution in [3.05, 3.63) is 47.9 Å². The molecule has 0 bridgehead atoms. The van der Waals surface area contributed by atoms with E-state index in [0.717, 1.165) is 5.69 Å². The first-order valence-electron chi connectivity index (χ1n) is 8.59. The molecule has 0 spiro atoms. The highest BCUT2D eigenvalue weighted by Gasteiger charge is 2.38. The van der Waals surface area contributed by atoms with Crippen molar-refractivity contribution in [2.24, 2.45) is 0 Å². The summed E-state index contributed by atoms with van der Waals surface area (Å²) in [5, 5.41) is 3.03. The number of alkyl halides is 1. The van der Waals surface area contributed by atoms with Crippen LogP contribution in [0.25, 0.3) is 0 Å². The second kappa shape index (κ2) is 7.28. The molecule has 0 amide bonds. The minimum atomic E-state index is -3.56. The standard InChI is InChI=1S/C18H23FN4O2S/c1-14-12-17(22-15(2)21-14)20-13-18(19)8-10-23(11-9-18)26(24,25)16-6-4-3-5-7-16/h3-7,12H,8-11,13H2,1-2H3,(H,20,21,22). The lowest BCUT2D eigenvalue weighted by atomic mass is 9.94. The van der Waals surface area contributed by atoms with Crippen molar-refractivity contribution in [2.75, 3.05) is 25.0 Å². The van der Waals surface area contributed by atoms with Crippen LogP contribution in [-0.4, -0.2) is 48.0 Å². The fraction of sp³-hybridized carbons (Fsp3) is 0.444. The quantitative estimate of drug-likeness (QED) is 0.866. The molecule has 1 aromatic carbocycles. The van der Waals surface area contributed by atoms with Gasteiger partial charge in [-0.05, 0) is 38.8 Å². The fourth-order valence-corrected chi connectivity index (χ4v) is 4.56. The number of hydrogen-bond donors (Lipinski definition) is 1. The molecule has 0 aliphatic carbocycles. The van der Waals surface area contributed by atoms with Crippen LogP contribution in [-0.2, 0) is 10.0 Å². The van der Waals surface area contributed by atoms with Gasteiger partial charge in [0, 0.05) is 24.8 Å². The number of halogens is 1. The molecule has 2 heterocycles. The third kappa shape index (κ3) is 4.19. The molecule has 1 saturated heterocycles. The normalized spacial score (nSPS) is 17.8. The Hall–Kier alpha value is -2.06. The molecule has 1 aliphatic rings. The molecule has 1 aromatic heterocycles. The second-order valence-corrected chi connectivity index (χ2v) is 8.60. The number of anilines is 1. The van der Waals surface area contributed by atoms with Gasteiger partial charge < -0.3 is 5.32 Å². The van der Waals surface area contributed by atoms with E-state index in [1.54, 1.807) is 43.3 Å². The number of sulfonamides is 1. The SMILES string of the molecule is Cc1cc(NCC2(F)CCN(S(=O)(=O)c3ccccc3)CC2)nc(C)n1. The molecule has 1 N–H and O–H groups in total. The van der Waals surface area contributed by atoms with E-state index in [1.165, 1.54) is 4.31 Å². The molecule has 1 aliphatic heterocycles. The van der Waals surface area contributed by atoms with Gasteiger partial charge in [-0.2, -0.15) is 4.31 Å². The first-order chi connectivity index (χ1) is 12.3. The molecule has 8 heteroatoms. The van der Waals surface area contributed by atoms with Gasteiger partial charge in [-0.3, -0.25) is 0 Å². The van der Waals surface area contributed by atoms with Gasteiger partial charge >= 0.3 is 0 Å². The summed E-state index contributed by atoms with van der Waals surface area (Å²) in [6.45, 7) is 4.07. The maximum atomic E-state index is 15.1. The highest BCUT2D eigenvalue weighted by Crippen LogP contribution is 2.30. The van der Waals surface area contributed by atoms with Gasteiger partial charge in [0.15, 0.2) is 0 Å². The van der Waals surface area contributed by atoms with E-state index >= 15 is 4.39 Å². The van der Waals surface area contributed by atoms with Gasteiger partial charge in [0.1, 0.15) is 17.3 Å². The van der Waals surface area contributed by atoms with Gasteiger partial charge in [-0.15, -0.1) is 0 Å². The number of hydrogen-bond acceptors (Lipinski definition) is 5. The smallest absolute Gasteiger partial charge is 0.243 e. The van der Waals surface area contributed by atoms with Crippen molar-refractivity contribution in [3.63, 3.8) is 0 Å². The van der Waals surface area contributed by atoms with Crippen LogP contribution < -0.4 is 5.32 Å². The summed E-state index contributed by atoms with van der Waals surface area (Å²) in [4.78, 5) is 8.69. The van der Waals surface area contributed by atoms with Crippen LogP contribution in [0.4, 0.5) is 10.2 Å². The predicted molar refractivity (Wildman–Crippen MR) is 98.3 cm³/mol. The maximum absolute atomic E-state index is 15.1. The highest BCUT2D eigenvalue weighted by atomic mass is 32.2. The maximum Gasteiger partial charge on any atom is 0.243 e.